The molecular formula is C6H8S2. The second-order valence-corrected chi connectivity index (χ2v) is 2.55. The first-order valence-corrected chi connectivity index (χ1v) is 3.06. The van der Waals surface area contributed by atoms with Crippen molar-refractivity contribution in [1.82, 2.24) is 0 Å². The molecule has 44 valence electrons. The van der Waals surface area contributed by atoms with Crippen LogP contribution in [0.1, 0.15) is 6.92 Å². The van der Waals surface area contributed by atoms with Crippen LogP contribution in [0.2, 0.25) is 0 Å². The van der Waals surface area contributed by atoms with Gasteiger partial charge in [-0.05, 0) is 12.5 Å². The zero-order valence-corrected chi connectivity index (χ0v) is 6.43. The highest BCUT2D eigenvalue weighted by Crippen LogP contribution is 1.99. The maximum Gasteiger partial charge on any atom is 0.0704 e. The molecule has 2 heteroatoms. The van der Waals surface area contributed by atoms with E-state index in [4.69, 9.17) is 12.2 Å². The van der Waals surface area contributed by atoms with Crippen LogP contribution in [0.3, 0.4) is 0 Å². The molecule has 0 spiro atoms. The molecule has 0 N–H and O–H groups in total. The smallest absolute Gasteiger partial charge is 0.0704 e. The minimum Gasteiger partial charge on any atom is -0.132 e. The first-order chi connectivity index (χ1) is 3.68. The molecular weight excluding hydrogens is 136 g/mol. The third kappa shape index (κ3) is 2.99. The van der Waals surface area contributed by atoms with Crippen LogP contribution in [-0.4, -0.2) is 4.20 Å². The first-order valence-electron chi connectivity index (χ1n) is 2.21. The monoisotopic (exact) mass is 144 g/mol. The van der Waals surface area contributed by atoms with Gasteiger partial charge in [0.15, 0.2) is 0 Å². The minimum atomic E-state index is 0.630. The van der Waals surface area contributed by atoms with E-state index in [-0.39, 0.29) is 0 Å². The number of rotatable bonds is 2. The largest absolute Gasteiger partial charge is 0.132 e. The normalized spacial score (nSPS) is 11.0. The lowest BCUT2D eigenvalue weighted by Gasteiger charge is -1.89. The van der Waals surface area contributed by atoms with E-state index in [1.165, 1.54) is 0 Å². The second kappa shape index (κ2) is 3.87. The number of thiocarbonyl (C=S) groups is 1. The molecule has 0 unspecified atom stereocenters. The van der Waals surface area contributed by atoms with Crippen LogP contribution in [0.15, 0.2) is 24.3 Å². The molecule has 8 heavy (non-hydrogen) atoms. The molecule has 0 aliphatic heterocycles. The summed E-state index contributed by atoms with van der Waals surface area (Å²) in [4.78, 5) is 0. The Morgan fingerprint density at radius 2 is 2.25 bits per heavy atom. The minimum absolute atomic E-state index is 0.630. The molecule has 0 nitrogen and oxygen atoms in total. The topological polar surface area (TPSA) is 0 Å². The summed E-state index contributed by atoms with van der Waals surface area (Å²) in [6.45, 7) is 5.41. The van der Waals surface area contributed by atoms with Gasteiger partial charge >= 0.3 is 0 Å². The zero-order chi connectivity index (χ0) is 6.57. The zero-order valence-electron chi connectivity index (χ0n) is 4.72. The Morgan fingerprint density at radius 3 is 2.38 bits per heavy atom. The molecule has 0 radical (unpaired) electrons. The van der Waals surface area contributed by atoms with E-state index in [1.54, 1.807) is 6.08 Å². The summed E-state index contributed by atoms with van der Waals surface area (Å²) in [5, 5.41) is 0. The summed E-state index contributed by atoms with van der Waals surface area (Å²) in [5.41, 5.74) is 0.985. The van der Waals surface area contributed by atoms with Crippen molar-refractivity contribution in [2.24, 2.45) is 0 Å². The summed E-state index contributed by atoms with van der Waals surface area (Å²) in [7, 11) is 0. The Bertz CT molecular complexity index is 133. The predicted molar refractivity (Wildman–Crippen MR) is 45.5 cm³/mol. The second-order valence-electron chi connectivity index (χ2n) is 1.39. The van der Waals surface area contributed by atoms with Crippen molar-refractivity contribution < 1.29 is 0 Å². The number of thiol groups is 1. The molecule has 0 amide bonds. The third-order valence-corrected chi connectivity index (χ3v) is 1.38. The quantitative estimate of drug-likeness (QED) is 0.269. The Kier molecular flexibility index (Phi) is 3.83. The van der Waals surface area contributed by atoms with Gasteiger partial charge in [0.1, 0.15) is 0 Å². The van der Waals surface area contributed by atoms with E-state index in [9.17, 15) is 0 Å². The van der Waals surface area contributed by atoms with Crippen molar-refractivity contribution in [2.75, 3.05) is 0 Å². The lowest BCUT2D eigenvalue weighted by molar-refractivity contribution is 1.64. The molecule has 0 aromatic heterocycles. The van der Waals surface area contributed by atoms with Crippen LogP contribution in [0.25, 0.3) is 0 Å². The maximum absolute atomic E-state index is 4.73. The van der Waals surface area contributed by atoms with Crippen molar-refractivity contribution >= 4 is 29.0 Å². The summed E-state index contributed by atoms with van der Waals surface area (Å²) in [5.74, 6) is 0. The molecule has 0 saturated carbocycles. The summed E-state index contributed by atoms with van der Waals surface area (Å²) < 4.78 is 0.630. The van der Waals surface area contributed by atoms with Gasteiger partial charge in [-0.2, -0.15) is 0 Å². The van der Waals surface area contributed by atoms with Crippen molar-refractivity contribution in [3.63, 3.8) is 0 Å². The van der Waals surface area contributed by atoms with Crippen LogP contribution in [0, 0.1) is 0 Å². The van der Waals surface area contributed by atoms with E-state index < -0.39 is 0 Å². The SMILES string of the molecule is C=C/C=C(\C)C(=S)S. The molecule has 0 bridgehead atoms. The molecule has 0 heterocycles. The molecule has 0 aliphatic carbocycles. The average Bonchev–Trinajstić information content (AvgIpc) is 1.67. The van der Waals surface area contributed by atoms with Crippen molar-refractivity contribution in [3.8, 4) is 0 Å². The van der Waals surface area contributed by atoms with Gasteiger partial charge in [0, 0.05) is 0 Å². The van der Waals surface area contributed by atoms with E-state index >= 15 is 0 Å². The van der Waals surface area contributed by atoms with E-state index in [1.807, 2.05) is 13.0 Å². The van der Waals surface area contributed by atoms with Crippen molar-refractivity contribution in [2.45, 2.75) is 6.92 Å². The van der Waals surface area contributed by atoms with E-state index in [0.29, 0.717) is 4.20 Å². The van der Waals surface area contributed by atoms with Crippen molar-refractivity contribution in [3.05, 3.63) is 24.3 Å². The molecule has 0 aromatic rings. The standard InChI is InChI=1S/C6H8S2/c1-3-4-5(2)6(7)8/h3-4H,1H2,2H3,(H,7,8)/b5-4+. The highest BCUT2D eigenvalue weighted by Gasteiger charge is 1.86. The van der Waals surface area contributed by atoms with Gasteiger partial charge in [-0.25, -0.2) is 0 Å². The van der Waals surface area contributed by atoms with Crippen LogP contribution < -0.4 is 0 Å². The fourth-order valence-corrected chi connectivity index (χ4v) is 0.391. The fraction of sp³-hybridized carbons (Fsp3) is 0.167. The van der Waals surface area contributed by atoms with Gasteiger partial charge in [-0.15, -0.1) is 12.6 Å². The van der Waals surface area contributed by atoms with Crippen LogP contribution in [-0.2, 0) is 0 Å². The fourth-order valence-electron chi connectivity index (χ4n) is 0.248. The third-order valence-electron chi connectivity index (χ3n) is 0.705. The lowest BCUT2D eigenvalue weighted by Crippen LogP contribution is -1.81. The molecule has 0 aromatic carbocycles. The van der Waals surface area contributed by atoms with Crippen LogP contribution in [0.4, 0.5) is 0 Å². The number of allylic oxidation sites excluding steroid dienone is 2. The molecule has 0 rings (SSSR count). The number of hydrogen-bond donors (Lipinski definition) is 1. The Balaban J connectivity index is 3.99. The highest BCUT2D eigenvalue weighted by molar-refractivity contribution is 8.11. The van der Waals surface area contributed by atoms with Gasteiger partial charge in [-0.1, -0.05) is 30.9 Å². The van der Waals surface area contributed by atoms with Gasteiger partial charge in [-0.3, -0.25) is 0 Å². The Labute approximate surface area is 60.7 Å². The predicted octanol–water partition coefficient (Wildman–Crippen LogP) is 2.38. The van der Waals surface area contributed by atoms with Crippen LogP contribution >= 0.6 is 24.8 Å². The van der Waals surface area contributed by atoms with Gasteiger partial charge in [0.05, 0.1) is 4.20 Å². The maximum atomic E-state index is 4.73. The lowest BCUT2D eigenvalue weighted by atomic mass is 10.3. The first kappa shape index (κ1) is 7.92. The van der Waals surface area contributed by atoms with Crippen molar-refractivity contribution in [1.29, 1.82) is 0 Å². The molecule has 0 fully saturated rings. The van der Waals surface area contributed by atoms with Gasteiger partial charge in [0.2, 0.25) is 0 Å². The molecule has 0 atom stereocenters. The van der Waals surface area contributed by atoms with E-state index in [2.05, 4.69) is 19.2 Å². The molecule has 0 saturated heterocycles. The summed E-state index contributed by atoms with van der Waals surface area (Å²) in [6.07, 6.45) is 3.52. The van der Waals surface area contributed by atoms with Gasteiger partial charge < -0.3 is 0 Å². The summed E-state index contributed by atoms with van der Waals surface area (Å²) >= 11 is 8.67. The summed E-state index contributed by atoms with van der Waals surface area (Å²) in [6, 6.07) is 0. The Morgan fingerprint density at radius 1 is 1.75 bits per heavy atom. The average molecular weight is 144 g/mol. The van der Waals surface area contributed by atoms with Gasteiger partial charge in [0.25, 0.3) is 0 Å². The van der Waals surface area contributed by atoms with E-state index in [0.717, 1.165) is 5.57 Å². The Hall–Kier alpha value is -0.0800. The molecule has 0 aliphatic rings. The highest BCUT2D eigenvalue weighted by atomic mass is 32.1. The van der Waals surface area contributed by atoms with Crippen LogP contribution in [0.5, 0.6) is 0 Å². The number of hydrogen-bond acceptors (Lipinski definition) is 1.